The van der Waals surface area contributed by atoms with Crippen LogP contribution < -0.4 is 0 Å². The second-order valence-electron chi connectivity index (χ2n) is 14.9. The fraction of sp³-hybridized carbons (Fsp3) is 0.388. The molecule has 0 unspecified atom stereocenters. The van der Waals surface area contributed by atoms with E-state index in [1.165, 1.54) is 12.8 Å². The minimum Gasteiger partial charge on any atom is -0.378 e. The molecule has 0 spiro atoms. The van der Waals surface area contributed by atoms with Crippen LogP contribution in [0.3, 0.4) is 0 Å². The Morgan fingerprint density at radius 2 is 0.891 bits per heavy atom. The molecule has 1 heterocycles. The molecule has 1 aliphatic heterocycles. The zero-order valence-electron chi connectivity index (χ0n) is 31.9. The highest BCUT2D eigenvalue weighted by Crippen LogP contribution is 2.42. The summed E-state index contributed by atoms with van der Waals surface area (Å²) in [5.74, 6) is 0.588. The number of fused-ring (bicyclic) bond motifs is 1. The molecule has 2 aliphatic rings. The molecule has 7 atom stereocenters. The topological polar surface area (TPSA) is 55.4 Å². The lowest BCUT2D eigenvalue weighted by Gasteiger charge is -2.47. The quantitative estimate of drug-likeness (QED) is 0.0792. The summed E-state index contributed by atoms with van der Waals surface area (Å²) in [4.78, 5) is 0. The lowest BCUT2D eigenvalue weighted by molar-refractivity contribution is -0.223. The normalized spacial score (nSPS) is 20.5. The molecule has 5 aromatic carbocycles. The fourth-order valence-electron chi connectivity index (χ4n) is 8.23. The molecular weight excluding hydrogens is 685 g/mol. The number of hydrogen-bond acceptors (Lipinski definition) is 6. The Morgan fingerprint density at radius 1 is 0.455 bits per heavy atom. The van der Waals surface area contributed by atoms with Crippen LogP contribution in [0.25, 0.3) is 0 Å². The molecule has 0 radical (unpaired) electrons. The van der Waals surface area contributed by atoms with Crippen LogP contribution in [0.5, 0.6) is 0 Å². The van der Waals surface area contributed by atoms with Crippen LogP contribution in [0.15, 0.2) is 152 Å². The second kappa shape index (κ2) is 21.2. The average Bonchev–Trinajstić information content (AvgIpc) is 3.26. The van der Waals surface area contributed by atoms with Crippen molar-refractivity contribution in [2.45, 2.75) is 95.7 Å². The highest BCUT2D eigenvalue weighted by atomic mass is 16.6. The van der Waals surface area contributed by atoms with Crippen molar-refractivity contribution in [2.24, 2.45) is 11.8 Å². The van der Waals surface area contributed by atoms with E-state index >= 15 is 0 Å². The van der Waals surface area contributed by atoms with Crippen molar-refractivity contribution < 1.29 is 28.4 Å². The van der Waals surface area contributed by atoms with E-state index < -0.39 is 18.3 Å². The van der Waals surface area contributed by atoms with E-state index in [0.717, 1.165) is 47.1 Å². The van der Waals surface area contributed by atoms with E-state index in [4.69, 9.17) is 28.4 Å². The summed E-state index contributed by atoms with van der Waals surface area (Å²) in [6.07, 6.45) is 3.95. The highest BCUT2D eigenvalue weighted by molar-refractivity contribution is 5.17. The lowest BCUT2D eigenvalue weighted by atomic mass is 9.71. The minimum absolute atomic E-state index is 0.214. The molecule has 55 heavy (non-hydrogen) atoms. The summed E-state index contributed by atoms with van der Waals surface area (Å²) in [5.41, 5.74) is 5.51. The van der Waals surface area contributed by atoms with Crippen molar-refractivity contribution >= 4 is 0 Å². The van der Waals surface area contributed by atoms with Crippen molar-refractivity contribution in [3.63, 3.8) is 0 Å². The van der Waals surface area contributed by atoms with Crippen molar-refractivity contribution in [3.8, 4) is 0 Å². The van der Waals surface area contributed by atoms with Gasteiger partial charge in [0.25, 0.3) is 0 Å². The summed E-state index contributed by atoms with van der Waals surface area (Å²) in [7, 11) is 0. The molecule has 0 amide bonds. The maximum atomic E-state index is 7.23. The van der Waals surface area contributed by atoms with Crippen LogP contribution in [0.4, 0.5) is 0 Å². The van der Waals surface area contributed by atoms with Crippen molar-refractivity contribution in [1.82, 2.24) is 0 Å². The van der Waals surface area contributed by atoms with Gasteiger partial charge in [-0.1, -0.05) is 165 Å². The predicted octanol–water partition coefficient (Wildman–Crippen LogP) is 10.1. The Labute approximate surface area is 327 Å². The van der Waals surface area contributed by atoms with Crippen LogP contribution in [0.1, 0.15) is 59.9 Å². The number of ether oxygens (including phenoxy) is 6. The molecule has 7 rings (SSSR count). The molecule has 6 heteroatoms. The van der Waals surface area contributed by atoms with Gasteiger partial charge in [0, 0.05) is 6.61 Å². The minimum atomic E-state index is -0.533. The van der Waals surface area contributed by atoms with Gasteiger partial charge in [-0.15, -0.1) is 0 Å². The largest absolute Gasteiger partial charge is 0.378 e. The van der Waals surface area contributed by atoms with Gasteiger partial charge in [-0.05, 0) is 58.9 Å². The molecule has 0 aromatic heterocycles. The zero-order valence-corrected chi connectivity index (χ0v) is 31.9. The number of rotatable bonds is 20. The average molecular weight is 741 g/mol. The van der Waals surface area contributed by atoms with Gasteiger partial charge in [0.2, 0.25) is 0 Å². The lowest BCUT2D eigenvalue weighted by Crippen LogP contribution is -2.56. The van der Waals surface area contributed by atoms with E-state index in [0.29, 0.717) is 52.2 Å². The first kappa shape index (κ1) is 39.1. The summed E-state index contributed by atoms with van der Waals surface area (Å²) >= 11 is 0. The Kier molecular flexibility index (Phi) is 15.1. The Morgan fingerprint density at radius 3 is 1.42 bits per heavy atom. The number of hydrogen-bond donors (Lipinski definition) is 0. The monoisotopic (exact) mass is 740 g/mol. The van der Waals surface area contributed by atoms with Gasteiger partial charge in [-0.2, -0.15) is 0 Å². The Hall–Kier alpha value is -4.14. The molecule has 1 saturated carbocycles. The molecular formula is C49H56O6. The maximum Gasteiger partial charge on any atom is 0.115 e. The Balaban J connectivity index is 1.27. The molecule has 2 fully saturated rings. The summed E-state index contributed by atoms with van der Waals surface area (Å²) in [5, 5.41) is 0. The van der Waals surface area contributed by atoms with E-state index in [1.807, 2.05) is 48.5 Å². The molecule has 1 aliphatic carbocycles. The SMILES string of the molecule is c1ccc(COC[C@@H](OCc2ccccc2)[C@H](OCc2ccccc2)[C@H](OCc2ccccc2)[C@@H](OCc2ccccc2)[C@@H]2CCO[C@H]3CCCC[C@H]23)cc1. The van der Waals surface area contributed by atoms with Gasteiger partial charge in [0.15, 0.2) is 0 Å². The predicted molar refractivity (Wildman–Crippen MR) is 216 cm³/mol. The first-order valence-corrected chi connectivity index (χ1v) is 20.2. The molecule has 1 saturated heterocycles. The van der Waals surface area contributed by atoms with E-state index in [-0.39, 0.29) is 18.1 Å². The first-order chi connectivity index (χ1) is 27.3. The van der Waals surface area contributed by atoms with Crippen molar-refractivity contribution in [2.75, 3.05) is 13.2 Å². The van der Waals surface area contributed by atoms with E-state index in [9.17, 15) is 0 Å². The van der Waals surface area contributed by atoms with Crippen LogP contribution in [-0.4, -0.2) is 43.7 Å². The molecule has 0 N–H and O–H groups in total. The van der Waals surface area contributed by atoms with Gasteiger partial charge in [0.1, 0.15) is 18.3 Å². The molecule has 6 nitrogen and oxygen atoms in total. The third kappa shape index (κ3) is 11.7. The van der Waals surface area contributed by atoms with Crippen LogP contribution >= 0.6 is 0 Å². The van der Waals surface area contributed by atoms with Gasteiger partial charge in [-0.3, -0.25) is 0 Å². The molecule has 288 valence electrons. The van der Waals surface area contributed by atoms with Crippen LogP contribution in [0.2, 0.25) is 0 Å². The highest BCUT2D eigenvalue weighted by Gasteiger charge is 2.47. The van der Waals surface area contributed by atoms with Crippen molar-refractivity contribution in [3.05, 3.63) is 179 Å². The zero-order chi connectivity index (χ0) is 37.3. The third-order valence-electron chi connectivity index (χ3n) is 11.1. The first-order valence-electron chi connectivity index (χ1n) is 20.2. The second-order valence-corrected chi connectivity index (χ2v) is 14.9. The summed E-state index contributed by atoms with van der Waals surface area (Å²) < 4.78 is 41.6. The smallest absolute Gasteiger partial charge is 0.115 e. The summed E-state index contributed by atoms with van der Waals surface area (Å²) in [6, 6.07) is 51.9. The van der Waals surface area contributed by atoms with Crippen LogP contribution in [-0.2, 0) is 61.5 Å². The summed E-state index contributed by atoms with van der Waals surface area (Å²) in [6.45, 7) is 3.18. The van der Waals surface area contributed by atoms with E-state index in [2.05, 4.69) is 103 Å². The molecule has 5 aromatic rings. The third-order valence-corrected chi connectivity index (χ3v) is 11.1. The van der Waals surface area contributed by atoms with Gasteiger partial charge in [0.05, 0.1) is 51.8 Å². The van der Waals surface area contributed by atoms with Gasteiger partial charge in [-0.25, -0.2) is 0 Å². The standard InChI is InChI=1S/C49H56O6/c1-6-18-38(19-7-1)32-50-37-46(52-33-39-20-8-2-9-21-39)48(54-35-41-24-12-4-13-25-41)49(55-36-42-26-14-5-15-27-42)47(53-34-40-22-10-3-11-23-40)44-30-31-51-45-29-17-16-28-43(44)45/h1-15,18-27,43-49H,16-17,28-37H2/t43-,44-,45+,46-,47+,48+,49-/m1/s1. The van der Waals surface area contributed by atoms with E-state index in [1.54, 1.807) is 0 Å². The number of benzene rings is 5. The van der Waals surface area contributed by atoms with Gasteiger partial charge >= 0.3 is 0 Å². The fourth-order valence-corrected chi connectivity index (χ4v) is 8.23. The Bertz CT molecular complexity index is 1750. The van der Waals surface area contributed by atoms with Crippen LogP contribution in [0, 0.1) is 11.8 Å². The molecule has 0 bridgehead atoms. The van der Waals surface area contributed by atoms with Crippen molar-refractivity contribution in [1.29, 1.82) is 0 Å². The van der Waals surface area contributed by atoms with Gasteiger partial charge < -0.3 is 28.4 Å². The maximum absolute atomic E-state index is 7.23.